The lowest BCUT2D eigenvalue weighted by atomic mass is 10.3. The summed E-state index contributed by atoms with van der Waals surface area (Å²) in [5, 5.41) is 0.0995. The van der Waals surface area contributed by atoms with Crippen LogP contribution in [0.2, 0.25) is 0 Å². The Morgan fingerprint density at radius 1 is 1.38 bits per heavy atom. The molecule has 0 fully saturated rings. The van der Waals surface area contributed by atoms with Crippen LogP contribution in [-0.4, -0.2) is 35.3 Å². The highest BCUT2D eigenvalue weighted by molar-refractivity contribution is 7.90. The quantitative estimate of drug-likeness (QED) is 0.513. The number of nitrogen functional groups attached to an aromatic ring is 1. The number of nitrogens with one attached hydrogen (secondary N) is 1. The number of hydrogen-bond donors (Lipinski definition) is 2. The first-order valence-electron chi connectivity index (χ1n) is 6.04. The molecule has 0 aliphatic heterocycles. The van der Waals surface area contributed by atoms with Crippen LogP contribution >= 0.6 is 0 Å². The second-order valence-corrected chi connectivity index (χ2v) is 5.69. The maximum atomic E-state index is 12.1. The molecule has 1 atom stereocenters. The molecule has 0 bridgehead atoms. The molecule has 3 N–H and O–H groups in total. The molecule has 3 heterocycles. The van der Waals surface area contributed by atoms with Gasteiger partial charge in [-0.25, -0.2) is 4.79 Å². The molecular formula is C12H12N6O2S. The molecule has 0 aliphatic carbocycles. The van der Waals surface area contributed by atoms with Gasteiger partial charge in [-0.3, -0.25) is 9.55 Å². The van der Waals surface area contributed by atoms with E-state index in [1.807, 2.05) is 0 Å². The van der Waals surface area contributed by atoms with Gasteiger partial charge in [0, 0.05) is 23.6 Å². The van der Waals surface area contributed by atoms with Crippen LogP contribution in [0.15, 0.2) is 34.5 Å². The van der Waals surface area contributed by atoms with Crippen LogP contribution < -0.4 is 11.4 Å². The van der Waals surface area contributed by atoms with Gasteiger partial charge in [-0.05, 0) is 17.7 Å². The summed E-state index contributed by atoms with van der Waals surface area (Å²) in [5.74, 6) is 0.107. The van der Waals surface area contributed by atoms with Crippen molar-refractivity contribution in [1.29, 1.82) is 0 Å². The number of nitrogens with two attached hydrogens (primary N) is 1. The number of nitrogens with zero attached hydrogens (tertiary/aromatic N) is 4. The Bertz CT molecular complexity index is 842. The van der Waals surface area contributed by atoms with Crippen LogP contribution in [0.4, 0.5) is 5.82 Å². The van der Waals surface area contributed by atoms with E-state index >= 15 is 0 Å². The first kappa shape index (κ1) is 13.6. The molecule has 21 heavy (non-hydrogen) atoms. The maximum Gasteiger partial charge on any atom is 0.346 e. The fraction of sp³-hybridized carbons (Fsp3) is 0.167. The Kier molecular flexibility index (Phi) is 3.35. The van der Waals surface area contributed by atoms with Crippen LogP contribution in [0.3, 0.4) is 0 Å². The van der Waals surface area contributed by atoms with E-state index in [0.717, 1.165) is 5.56 Å². The second kappa shape index (κ2) is 5.19. The van der Waals surface area contributed by atoms with E-state index in [2.05, 4.69) is 19.9 Å². The van der Waals surface area contributed by atoms with Crippen molar-refractivity contribution in [2.75, 3.05) is 12.0 Å². The van der Waals surface area contributed by atoms with Gasteiger partial charge in [-0.1, -0.05) is 0 Å². The van der Waals surface area contributed by atoms with Gasteiger partial charge in [0.15, 0.2) is 11.5 Å². The van der Waals surface area contributed by atoms with Crippen LogP contribution in [0.1, 0.15) is 5.56 Å². The van der Waals surface area contributed by atoms with E-state index in [1.54, 1.807) is 24.5 Å². The monoisotopic (exact) mass is 304 g/mol. The lowest BCUT2D eigenvalue weighted by Crippen LogP contribution is -2.18. The summed E-state index contributed by atoms with van der Waals surface area (Å²) in [6, 6.07) is 3.60. The Balaban J connectivity index is 2.18. The molecule has 0 aromatic carbocycles. The van der Waals surface area contributed by atoms with Crippen molar-refractivity contribution in [3.8, 4) is 0 Å². The summed E-state index contributed by atoms with van der Waals surface area (Å²) in [5.41, 5.74) is 7.03. The normalized spacial score (nSPS) is 12.7. The summed E-state index contributed by atoms with van der Waals surface area (Å²) in [4.78, 5) is 26.7. The lowest BCUT2D eigenvalue weighted by molar-refractivity contribution is 0.592. The van der Waals surface area contributed by atoms with Crippen LogP contribution in [0.5, 0.6) is 0 Å². The van der Waals surface area contributed by atoms with Gasteiger partial charge in [-0.2, -0.15) is 9.97 Å². The number of imidazole rings is 1. The highest BCUT2D eigenvalue weighted by atomic mass is 32.2. The molecular weight excluding hydrogens is 292 g/mol. The van der Waals surface area contributed by atoms with Crippen molar-refractivity contribution in [1.82, 2.24) is 24.5 Å². The summed E-state index contributed by atoms with van der Waals surface area (Å²) in [6.45, 7) is 0.313. The third-order valence-corrected chi connectivity index (χ3v) is 3.67. The largest absolute Gasteiger partial charge is 0.609 e. The Morgan fingerprint density at radius 2 is 2.10 bits per heavy atom. The van der Waals surface area contributed by atoms with Crippen molar-refractivity contribution < 1.29 is 4.55 Å². The minimum absolute atomic E-state index is 0.0995. The zero-order valence-electron chi connectivity index (χ0n) is 11.1. The predicted octanol–water partition coefficient (Wildman–Crippen LogP) is -0.118. The molecule has 0 amide bonds. The van der Waals surface area contributed by atoms with E-state index in [-0.39, 0.29) is 16.7 Å². The zero-order valence-corrected chi connectivity index (χ0v) is 11.9. The van der Waals surface area contributed by atoms with E-state index in [9.17, 15) is 9.35 Å². The minimum atomic E-state index is -1.38. The maximum absolute atomic E-state index is 12.1. The molecule has 108 valence electrons. The number of hydrogen-bond acceptors (Lipinski definition) is 6. The molecule has 1 unspecified atom stereocenters. The van der Waals surface area contributed by atoms with Gasteiger partial charge in [0.05, 0.1) is 6.54 Å². The number of aromatic amines is 1. The summed E-state index contributed by atoms with van der Waals surface area (Å²) < 4.78 is 13.0. The first-order valence-corrected chi connectivity index (χ1v) is 7.60. The molecule has 8 nitrogen and oxygen atoms in total. The Labute approximate surface area is 122 Å². The predicted molar refractivity (Wildman–Crippen MR) is 78.2 cm³/mol. The summed E-state index contributed by atoms with van der Waals surface area (Å²) in [7, 11) is 0. The first-order chi connectivity index (χ1) is 10.1. The molecule has 0 radical (unpaired) electrons. The van der Waals surface area contributed by atoms with Crippen LogP contribution in [0.25, 0.3) is 11.2 Å². The molecule has 0 spiro atoms. The number of fused-ring (bicyclic) bond motifs is 1. The molecule has 3 rings (SSSR count). The average molecular weight is 304 g/mol. The highest BCUT2D eigenvalue weighted by Gasteiger charge is 2.18. The Morgan fingerprint density at radius 3 is 2.76 bits per heavy atom. The zero-order chi connectivity index (χ0) is 15.0. The fourth-order valence-corrected chi connectivity index (χ4v) is 2.42. The van der Waals surface area contributed by atoms with Crippen LogP contribution in [-0.2, 0) is 17.7 Å². The van der Waals surface area contributed by atoms with Crippen molar-refractivity contribution in [2.24, 2.45) is 0 Å². The topological polar surface area (TPSA) is 126 Å². The Hall–Kier alpha value is -2.39. The number of aromatic nitrogens is 5. The van der Waals surface area contributed by atoms with Crippen molar-refractivity contribution in [3.05, 3.63) is 40.6 Å². The smallest absolute Gasteiger partial charge is 0.346 e. The molecule has 0 saturated carbocycles. The highest BCUT2D eigenvalue weighted by Crippen LogP contribution is 2.17. The lowest BCUT2D eigenvalue weighted by Gasteiger charge is -2.05. The molecule has 0 aliphatic rings. The standard InChI is InChI=1S/C12H12N6O2S/c1-21(20)11-16-9(13)8-10(17-11)18(12(19)15-8)6-7-2-4-14-5-3-7/h2-5H,6H2,1H3,(H,15,19)(H2,13,16,17). The van der Waals surface area contributed by atoms with Gasteiger partial charge >= 0.3 is 10.8 Å². The van der Waals surface area contributed by atoms with Crippen molar-refractivity contribution in [2.45, 2.75) is 11.7 Å². The molecule has 3 aromatic rings. The fourth-order valence-electron chi connectivity index (χ4n) is 1.98. The van der Waals surface area contributed by atoms with Gasteiger partial charge < -0.3 is 15.3 Å². The van der Waals surface area contributed by atoms with Gasteiger partial charge in [0.2, 0.25) is 0 Å². The summed E-state index contributed by atoms with van der Waals surface area (Å²) >= 11 is -1.38. The van der Waals surface area contributed by atoms with E-state index in [1.165, 1.54) is 10.8 Å². The third kappa shape index (κ3) is 2.48. The number of rotatable bonds is 3. The van der Waals surface area contributed by atoms with E-state index < -0.39 is 11.2 Å². The van der Waals surface area contributed by atoms with Gasteiger partial charge in [0.1, 0.15) is 11.8 Å². The van der Waals surface area contributed by atoms with E-state index in [0.29, 0.717) is 17.7 Å². The van der Waals surface area contributed by atoms with Gasteiger partial charge in [0.25, 0.3) is 0 Å². The summed E-state index contributed by atoms with van der Waals surface area (Å²) in [6.07, 6.45) is 4.74. The number of anilines is 1. The third-order valence-electron chi connectivity index (χ3n) is 2.98. The van der Waals surface area contributed by atoms with E-state index in [4.69, 9.17) is 5.73 Å². The molecule has 0 saturated heterocycles. The van der Waals surface area contributed by atoms with Crippen molar-refractivity contribution in [3.63, 3.8) is 0 Å². The van der Waals surface area contributed by atoms with Gasteiger partial charge in [-0.15, -0.1) is 0 Å². The average Bonchev–Trinajstić information content (AvgIpc) is 2.77. The second-order valence-electron chi connectivity index (χ2n) is 4.42. The number of H-pyrrole nitrogens is 1. The minimum Gasteiger partial charge on any atom is -0.609 e. The SMILES string of the molecule is C[S+]([O-])c1nc(N)c2[nH]c(=O)n(Cc3ccncc3)c2n1. The number of pyridine rings is 1. The van der Waals surface area contributed by atoms with Crippen molar-refractivity contribution >= 4 is 28.2 Å². The molecule has 3 aromatic heterocycles. The molecule has 9 heteroatoms. The van der Waals surface area contributed by atoms with Crippen LogP contribution in [0, 0.1) is 0 Å².